The van der Waals surface area contributed by atoms with E-state index in [1.54, 1.807) is 6.07 Å². The van der Waals surface area contributed by atoms with E-state index >= 15 is 0 Å². The van der Waals surface area contributed by atoms with Crippen LogP contribution >= 0.6 is 0 Å². The zero-order valence-electron chi connectivity index (χ0n) is 7.80. The molecule has 7 nitrogen and oxygen atoms in total. The van der Waals surface area contributed by atoms with Crippen LogP contribution in [0, 0.1) is 33.3 Å². The van der Waals surface area contributed by atoms with Crippen LogP contribution in [-0.4, -0.2) is 15.8 Å². The smallest absolute Gasteiger partial charge is 0.306 e. The molecular formula is C9H4N4O3. The maximum absolute atomic E-state index is 10.5. The zero-order chi connectivity index (χ0) is 12.1. The van der Waals surface area contributed by atoms with E-state index in [4.69, 9.17) is 11.0 Å². The Morgan fingerprint density at radius 2 is 2.31 bits per heavy atom. The highest BCUT2D eigenvalue weighted by molar-refractivity contribution is 5.92. The molecule has 7 heteroatoms. The largest absolute Gasteiger partial charge is 0.359 e. The van der Waals surface area contributed by atoms with Crippen molar-refractivity contribution in [3.63, 3.8) is 0 Å². The number of primary amides is 1. The summed E-state index contributed by atoms with van der Waals surface area (Å²) >= 11 is 0. The minimum Gasteiger partial charge on any atom is -0.359 e. The number of pyridine rings is 1. The SMILES string of the molecule is N#Cc1ncc(C#CC(N)=O)cc1[N+](=O)[O-]. The molecule has 1 aromatic rings. The first kappa shape index (κ1) is 11.1. The molecule has 2 N–H and O–H groups in total. The molecule has 1 amide bonds. The van der Waals surface area contributed by atoms with Crippen molar-refractivity contribution >= 4 is 11.6 Å². The van der Waals surface area contributed by atoms with Gasteiger partial charge in [-0.25, -0.2) is 4.98 Å². The van der Waals surface area contributed by atoms with Gasteiger partial charge in [0.25, 0.3) is 5.91 Å². The lowest BCUT2D eigenvalue weighted by molar-refractivity contribution is -0.385. The van der Waals surface area contributed by atoms with Crippen LogP contribution in [0.3, 0.4) is 0 Å². The molecule has 0 aromatic carbocycles. The van der Waals surface area contributed by atoms with Gasteiger partial charge < -0.3 is 5.73 Å². The van der Waals surface area contributed by atoms with E-state index in [0.717, 1.165) is 12.3 Å². The lowest BCUT2D eigenvalue weighted by atomic mass is 10.2. The quantitative estimate of drug-likeness (QED) is 0.392. The second-order valence-electron chi connectivity index (χ2n) is 2.57. The third kappa shape index (κ3) is 2.53. The number of nitrogens with zero attached hydrogens (tertiary/aromatic N) is 3. The molecule has 0 aliphatic rings. The van der Waals surface area contributed by atoms with Gasteiger partial charge in [-0.15, -0.1) is 0 Å². The van der Waals surface area contributed by atoms with Crippen LogP contribution < -0.4 is 5.73 Å². The minimum absolute atomic E-state index is 0.143. The van der Waals surface area contributed by atoms with E-state index in [2.05, 4.69) is 10.9 Å². The first-order valence-corrected chi connectivity index (χ1v) is 3.90. The maximum Gasteiger partial charge on any atom is 0.306 e. The molecule has 0 fully saturated rings. The number of aromatic nitrogens is 1. The Kier molecular flexibility index (Phi) is 3.16. The topological polar surface area (TPSA) is 123 Å². The van der Waals surface area contributed by atoms with Crippen molar-refractivity contribution in [3.05, 3.63) is 33.6 Å². The first-order valence-electron chi connectivity index (χ1n) is 3.90. The number of hydrogen-bond acceptors (Lipinski definition) is 5. The molecule has 16 heavy (non-hydrogen) atoms. The standard InChI is InChI=1S/C9H4N4O3/c10-4-7-8(13(15)16)3-6(5-12-7)1-2-9(11)14/h3,5H,(H2,11,14). The minimum atomic E-state index is -0.855. The summed E-state index contributed by atoms with van der Waals surface area (Å²) in [5.41, 5.74) is 4.15. The molecule has 0 atom stereocenters. The molecule has 0 radical (unpaired) electrons. The van der Waals surface area contributed by atoms with Crippen molar-refractivity contribution in [1.29, 1.82) is 5.26 Å². The van der Waals surface area contributed by atoms with Crippen LogP contribution in [0.1, 0.15) is 11.3 Å². The number of carbonyl (C=O) groups excluding carboxylic acids is 1. The lowest BCUT2D eigenvalue weighted by Crippen LogP contribution is -2.06. The summed E-state index contributed by atoms with van der Waals surface area (Å²) in [5.74, 6) is 3.44. The monoisotopic (exact) mass is 216 g/mol. The Balaban J connectivity index is 3.25. The summed E-state index contributed by atoms with van der Waals surface area (Å²) in [4.78, 5) is 23.7. The maximum atomic E-state index is 10.5. The van der Waals surface area contributed by atoms with Crippen LogP contribution in [-0.2, 0) is 4.79 Å². The Hall–Kier alpha value is -2.93. The van der Waals surface area contributed by atoms with Gasteiger partial charge in [0.05, 0.1) is 10.5 Å². The van der Waals surface area contributed by atoms with Gasteiger partial charge in [-0.2, -0.15) is 5.26 Å². The molecule has 0 aliphatic carbocycles. The van der Waals surface area contributed by atoms with Gasteiger partial charge in [0.15, 0.2) is 0 Å². The van der Waals surface area contributed by atoms with E-state index in [1.165, 1.54) is 0 Å². The van der Waals surface area contributed by atoms with Crippen molar-refractivity contribution in [2.45, 2.75) is 0 Å². The fraction of sp³-hybridized carbons (Fsp3) is 0. The highest BCUT2D eigenvalue weighted by Gasteiger charge is 2.15. The molecule has 0 saturated carbocycles. The Bertz CT molecular complexity index is 562. The highest BCUT2D eigenvalue weighted by Crippen LogP contribution is 2.16. The van der Waals surface area contributed by atoms with Crippen molar-refractivity contribution in [2.24, 2.45) is 5.73 Å². The second kappa shape index (κ2) is 4.53. The average molecular weight is 216 g/mol. The van der Waals surface area contributed by atoms with Crippen LogP contribution in [0.5, 0.6) is 0 Å². The predicted octanol–water partition coefficient (Wildman–Crippen LogP) is -0.302. The molecule has 1 heterocycles. The number of hydrogen-bond donors (Lipinski definition) is 1. The molecule has 0 saturated heterocycles. The van der Waals surface area contributed by atoms with Crippen molar-refractivity contribution in [3.8, 4) is 17.9 Å². The molecule has 1 rings (SSSR count). The van der Waals surface area contributed by atoms with E-state index in [0.29, 0.717) is 0 Å². The summed E-state index contributed by atoms with van der Waals surface area (Å²) in [6.07, 6.45) is 1.15. The van der Waals surface area contributed by atoms with Crippen molar-refractivity contribution in [2.75, 3.05) is 0 Å². The lowest BCUT2D eigenvalue weighted by Gasteiger charge is -1.94. The average Bonchev–Trinajstić information content (AvgIpc) is 2.25. The second-order valence-corrected chi connectivity index (χ2v) is 2.57. The first-order chi connectivity index (χ1) is 7.54. The normalized spacial score (nSPS) is 8.44. The number of amides is 1. The fourth-order valence-corrected chi connectivity index (χ4v) is 0.881. The third-order valence-electron chi connectivity index (χ3n) is 1.50. The van der Waals surface area contributed by atoms with Crippen molar-refractivity contribution in [1.82, 2.24) is 4.98 Å². The van der Waals surface area contributed by atoms with E-state index in [-0.39, 0.29) is 11.3 Å². The summed E-state index contributed by atoms with van der Waals surface area (Å²) < 4.78 is 0. The van der Waals surface area contributed by atoms with Gasteiger partial charge in [-0.1, -0.05) is 5.92 Å². The zero-order valence-corrected chi connectivity index (χ0v) is 7.80. The molecule has 0 unspecified atom stereocenters. The van der Waals surface area contributed by atoms with Gasteiger partial charge in [0, 0.05) is 18.2 Å². The number of rotatable bonds is 1. The number of nitro groups is 1. The third-order valence-corrected chi connectivity index (χ3v) is 1.50. The molecule has 0 bridgehead atoms. The molecule has 1 aromatic heterocycles. The number of nitrogens with two attached hydrogens (primary N) is 1. The van der Waals surface area contributed by atoms with Crippen LogP contribution in [0.4, 0.5) is 5.69 Å². The molecule has 78 valence electrons. The number of carbonyl (C=O) groups is 1. The van der Waals surface area contributed by atoms with Gasteiger partial charge in [-0.05, 0) is 0 Å². The summed E-state index contributed by atoms with van der Waals surface area (Å²) in [5, 5.41) is 19.1. The van der Waals surface area contributed by atoms with E-state index < -0.39 is 16.5 Å². The highest BCUT2D eigenvalue weighted by atomic mass is 16.6. The van der Waals surface area contributed by atoms with E-state index in [9.17, 15) is 14.9 Å². The summed E-state index contributed by atoms with van der Waals surface area (Å²) in [6, 6.07) is 2.63. The molecular weight excluding hydrogens is 212 g/mol. The Morgan fingerprint density at radius 1 is 1.62 bits per heavy atom. The van der Waals surface area contributed by atoms with Crippen molar-refractivity contribution < 1.29 is 9.72 Å². The Labute approximate surface area is 89.7 Å². The summed E-state index contributed by atoms with van der Waals surface area (Å²) in [7, 11) is 0. The molecule has 0 aliphatic heterocycles. The molecule has 0 spiro atoms. The van der Waals surface area contributed by atoms with E-state index in [1.807, 2.05) is 5.92 Å². The van der Waals surface area contributed by atoms with Gasteiger partial charge >= 0.3 is 5.69 Å². The van der Waals surface area contributed by atoms with Gasteiger partial charge in [0.1, 0.15) is 6.07 Å². The fourth-order valence-electron chi connectivity index (χ4n) is 0.881. The van der Waals surface area contributed by atoms with Gasteiger partial charge in [0.2, 0.25) is 5.69 Å². The Morgan fingerprint density at radius 3 is 2.81 bits per heavy atom. The number of nitriles is 1. The van der Waals surface area contributed by atoms with Crippen LogP contribution in [0.25, 0.3) is 0 Å². The predicted molar refractivity (Wildman–Crippen MR) is 51.7 cm³/mol. The van der Waals surface area contributed by atoms with Crippen LogP contribution in [0.15, 0.2) is 12.3 Å². The van der Waals surface area contributed by atoms with Gasteiger partial charge in [-0.3, -0.25) is 14.9 Å². The summed E-state index contributed by atoms with van der Waals surface area (Å²) in [6.45, 7) is 0. The van der Waals surface area contributed by atoms with Crippen LogP contribution in [0.2, 0.25) is 0 Å².